The van der Waals surface area contributed by atoms with E-state index < -0.39 is 29.6 Å². The lowest BCUT2D eigenvalue weighted by Crippen LogP contribution is -2.58. The van der Waals surface area contributed by atoms with E-state index in [0.29, 0.717) is 12.7 Å². The van der Waals surface area contributed by atoms with Gasteiger partial charge in [0.15, 0.2) is 0 Å². The van der Waals surface area contributed by atoms with Gasteiger partial charge in [0.2, 0.25) is 0 Å². The van der Waals surface area contributed by atoms with Gasteiger partial charge in [0, 0.05) is 50.3 Å². The maximum absolute atomic E-state index is 13.9. The molecule has 0 bridgehead atoms. The lowest BCUT2D eigenvalue weighted by atomic mass is 10.1. The third-order valence-electron chi connectivity index (χ3n) is 6.86. The summed E-state index contributed by atoms with van der Waals surface area (Å²) in [7, 11) is 0. The molecule has 38 heavy (non-hydrogen) atoms. The molecule has 2 atom stereocenters. The highest BCUT2D eigenvalue weighted by Crippen LogP contribution is 2.38. The van der Waals surface area contributed by atoms with E-state index in [2.05, 4.69) is 30.8 Å². The largest absolute Gasteiger partial charge is 0.419 e. The van der Waals surface area contributed by atoms with Crippen LogP contribution >= 0.6 is 0 Å². The number of aromatic nitrogens is 2. The summed E-state index contributed by atoms with van der Waals surface area (Å²) in [6.45, 7) is 2.38. The van der Waals surface area contributed by atoms with Gasteiger partial charge in [0.1, 0.15) is 24.1 Å². The SMILES string of the molecule is FC(F)(F)c1ccc(NC2CC3=C(C=CN2c2ncccc2C(F)(F)F)NC(N2CCCCC2)NC3)nc1. The second-order valence-electron chi connectivity index (χ2n) is 9.43. The normalized spacial score (nSPS) is 23.1. The van der Waals surface area contributed by atoms with Gasteiger partial charge >= 0.3 is 12.4 Å². The summed E-state index contributed by atoms with van der Waals surface area (Å²) in [6, 6.07) is 4.21. The van der Waals surface area contributed by atoms with Gasteiger partial charge in [-0.3, -0.25) is 10.2 Å². The summed E-state index contributed by atoms with van der Waals surface area (Å²) >= 11 is 0. The van der Waals surface area contributed by atoms with Crippen LogP contribution in [0.1, 0.15) is 36.8 Å². The number of allylic oxidation sites excluding steroid dienone is 1. The highest BCUT2D eigenvalue weighted by Gasteiger charge is 2.38. The zero-order valence-corrected chi connectivity index (χ0v) is 20.3. The molecule has 3 aliphatic rings. The molecule has 0 saturated carbocycles. The minimum absolute atomic E-state index is 0.0952. The third-order valence-corrected chi connectivity index (χ3v) is 6.86. The molecule has 13 heteroatoms. The Balaban J connectivity index is 1.47. The first-order chi connectivity index (χ1) is 18.1. The van der Waals surface area contributed by atoms with Crippen LogP contribution in [0.3, 0.4) is 0 Å². The number of rotatable bonds is 4. The Morgan fingerprint density at radius 1 is 0.947 bits per heavy atom. The minimum Gasteiger partial charge on any atom is -0.357 e. The fraction of sp³-hybridized carbons (Fsp3) is 0.440. The number of halogens is 6. The molecule has 0 amide bonds. The van der Waals surface area contributed by atoms with Gasteiger partial charge in [-0.2, -0.15) is 26.3 Å². The number of hydrogen-bond acceptors (Lipinski definition) is 7. The molecule has 1 fully saturated rings. The summed E-state index contributed by atoms with van der Waals surface area (Å²) in [5.41, 5.74) is -0.141. The molecule has 0 aliphatic carbocycles. The Kier molecular flexibility index (Phi) is 7.23. The van der Waals surface area contributed by atoms with Crippen LogP contribution in [0, 0.1) is 0 Å². The molecule has 0 spiro atoms. The zero-order chi connectivity index (χ0) is 26.9. The number of piperidine rings is 1. The fourth-order valence-electron chi connectivity index (χ4n) is 4.93. The van der Waals surface area contributed by atoms with E-state index in [0.717, 1.165) is 55.4 Å². The van der Waals surface area contributed by atoms with Gasteiger partial charge in [0.05, 0.1) is 11.1 Å². The van der Waals surface area contributed by atoms with Crippen LogP contribution < -0.4 is 20.9 Å². The summed E-state index contributed by atoms with van der Waals surface area (Å²) < 4.78 is 80.7. The summed E-state index contributed by atoms with van der Waals surface area (Å²) in [6.07, 6.45) is -1.28. The number of pyridine rings is 2. The second kappa shape index (κ2) is 10.4. The van der Waals surface area contributed by atoms with E-state index in [1.54, 1.807) is 6.08 Å². The van der Waals surface area contributed by atoms with Crippen molar-refractivity contribution in [3.05, 3.63) is 71.3 Å². The van der Waals surface area contributed by atoms with Crippen molar-refractivity contribution in [3.8, 4) is 0 Å². The first kappa shape index (κ1) is 26.3. The van der Waals surface area contributed by atoms with Crippen molar-refractivity contribution in [2.75, 3.05) is 29.9 Å². The lowest BCUT2D eigenvalue weighted by molar-refractivity contribution is -0.138. The van der Waals surface area contributed by atoms with E-state index in [-0.39, 0.29) is 24.3 Å². The molecule has 3 N–H and O–H groups in total. The van der Waals surface area contributed by atoms with Crippen molar-refractivity contribution < 1.29 is 26.3 Å². The molecular formula is C25H27F6N7. The Morgan fingerprint density at radius 2 is 1.74 bits per heavy atom. The number of anilines is 2. The van der Waals surface area contributed by atoms with Gasteiger partial charge in [-0.25, -0.2) is 9.97 Å². The van der Waals surface area contributed by atoms with Crippen LogP contribution in [0.15, 0.2) is 60.2 Å². The first-order valence-electron chi connectivity index (χ1n) is 12.3. The Morgan fingerprint density at radius 3 is 2.42 bits per heavy atom. The highest BCUT2D eigenvalue weighted by atomic mass is 19.4. The molecule has 5 rings (SSSR count). The monoisotopic (exact) mass is 539 g/mol. The summed E-state index contributed by atoms with van der Waals surface area (Å²) in [4.78, 5) is 11.6. The van der Waals surface area contributed by atoms with Crippen molar-refractivity contribution >= 4 is 11.6 Å². The molecular weight excluding hydrogens is 512 g/mol. The van der Waals surface area contributed by atoms with Crippen LogP contribution in [0.4, 0.5) is 38.0 Å². The molecule has 204 valence electrons. The number of nitrogens with zero attached hydrogens (tertiary/aromatic N) is 4. The van der Waals surface area contributed by atoms with Gasteiger partial charge in [-0.15, -0.1) is 0 Å². The molecule has 2 aromatic rings. The predicted octanol–water partition coefficient (Wildman–Crippen LogP) is 4.89. The maximum atomic E-state index is 13.9. The fourth-order valence-corrected chi connectivity index (χ4v) is 4.93. The van der Waals surface area contributed by atoms with E-state index in [4.69, 9.17) is 0 Å². The zero-order valence-electron chi connectivity index (χ0n) is 20.3. The smallest absolute Gasteiger partial charge is 0.357 e. The van der Waals surface area contributed by atoms with Crippen LogP contribution in [-0.4, -0.2) is 47.0 Å². The van der Waals surface area contributed by atoms with Gasteiger partial charge in [-0.05, 0) is 48.8 Å². The molecule has 0 aromatic carbocycles. The van der Waals surface area contributed by atoms with Crippen molar-refractivity contribution in [1.29, 1.82) is 0 Å². The average molecular weight is 540 g/mol. The van der Waals surface area contributed by atoms with E-state index in [1.165, 1.54) is 29.8 Å². The number of hydrogen-bond donors (Lipinski definition) is 3. The number of likely N-dealkylation sites (tertiary alicyclic amines) is 1. The number of alkyl halides is 6. The molecule has 3 aliphatic heterocycles. The predicted molar refractivity (Wildman–Crippen MR) is 130 cm³/mol. The quantitative estimate of drug-likeness (QED) is 0.478. The lowest BCUT2D eigenvalue weighted by Gasteiger charge is -2.39. The third kappa shape index (κ3) is 5.73. The molecule has 1 saturated heterocycles. The second-order valence-corrected chi connectivity index (χ2v) is 9.43. The summed E-state index contributed by atoms with van der Waals surface area (Å²) in [5, 5.41) is 9.94. The van der Waals surface area contributed by atoms with Gasteiger partial charge in [-0.1, -0.05) is 6.42 Å². The van der Waals surface area contributed by atoms with Crippen molar-refractivity contribution in [2.24, 2.45) is 0 Å². The molecule has 2 unspecified atom stereocenters. The van der Waals surface area contributed by atoms with E-state index >= 15 is 0 Å². The highest BCUT2D eigenvalue weighted by molar-refractivity contribution is 5.56. The van der Waals surface area contributed by atoms with Crippen LogP contribution in [0.25, 0.3) is 0 Å². The Bertz CT molecular complexity index is 1190. The van der Waals surface area contributed by atoms with E-state index in [1.807, 2.05) is 0 Å². The average Bonchev–Trinajstić information content (AvgIpc) is 3.07. The Labute approximate surface area is 215 Å². The first-order valence-corrected chi connectivity index (χ1v) is 12.3. The maximum Gasteiger partial charge on any atom is 0.419 e. The van der Waals surface area contributed by atoms with Crippen LogP contribution in [0.5, 0.6) is 0 Å². The van der Waals surface area contributed by atoms with Crippen LogP contribution in [-0.2, 0) is 12.4 Å². The molecule has 7 nitrogen and oxygen atoms in total. The number of nitrogens with one attached hydrogen (secondary N) is 3. The molecule has 5 heterocycles. The van der Waals surface area contributed by atoms with Gasteiger partial charge in [0.25, 0.3) is 0 Å². The minimum atomic E-state index is -4.66. The van der Waals surface area contributed by atoms with Crippen molar-refractivity contribution in [1.82, 2.24) is 25.5 Å². The topological polar surface area (TPSA) is 68.3 Å². The van der Waals surface area contributed by atoms with Gasteiger partial charge < -0.3 is 15.5 Å². The van der Waals surface area contributed by atoms with E-state index in [9.17, 15) is 26.3 Å². The van der Waals surface area contributed by atoms with Crippen molar-refractivity contribution in [2.45, 2.75) is 50.5 Å². The molecule has 0 radical (unpaired) electrons. The Hall–Kier alpha value is -3.32. The molecule has 2 aromatic heterocycles. The van der Waals surface area contributed by atoms with Crippen LogP contribution in [0.2, 0.25) is 0 Å². The standard InChI is InChI=1S/C25H27F6N7/c26-24(27,28)17-6-7-20(33-15-17)36-21-13-16-14-34-23(37-10-2-1-3-11-37)35-19(16)8-12-38(21)22-18(25(29,30)31)5-4-9-32-22/h4-9,12,15,21,23,34-35H,1-3,10-11,13-14H2,(H,33,36). The summed E-state index contributed by atoms with van der Waals surface area (Å²) in [5.74, 6) is -0.223. The van der Waals surface area contributed by atoms with Crippen molar-refractivity contribution in [3.63, 3.8) is 0 Å².